The lowest BCUT2D eigenvalue weighted by atomic mass is 10.1. The van der Waals surface area contributed by atoms with Crippen LogP contribution in [0.4, 0.5) is 10.1 Å². The first kappa shape index (κ1) is 32.2. The first-order valence-corrected chi connectivity index (χ1v) is 13.0. The molecule has 1 unspecified atom stereocenters. The predicted molar refractivity (Wildman–Crippen MR) is 169 cm³/mol. The summed E-state index contributed by atoms with van der Waals surface area (Å²) in [5, 5.41) is 10.8. The molecule has 5 aromatic rings. The number of hydrogen-bond acceptors (Lipinski definition) is 5. The van der Waals surface area contributed by atoms with Gasteiger partial charge in [-0.3, -0.25) is 14.6 Å². The molecule has 4 N–H and O–H groups in total. The highest BCUT2D eigenvalue weighted by molar-refractivity contribution is 6.00. The van der Waals surface area contributed by atoms with E-state index in [2.05, 4.69) is 30.9 Å². The number of aromatic amines is 1. The van der Waals surface area contributed by atoms with Gasteiger partial charge in [0, 0.05) is 34.9 Å². The van der Waals surface area contributed by atoms with Gasteiger partial charge in [-0.15, -0.1) is 24.8 Å². The first-order chi connectivity index (χ1) is 19.4. The number of benzene rings is 3. The van der Waals surface area contributed by atoms with Crippen molar-refractivity contribution in [2.75, 3.05) is 18.9 Å². The number of fused-ring (bicyclic) bond motifs is 1. The van der Waals surface area contributed by atoms with Crippen molar-refractivity contribution in [3.8, 4) is 22.8 Å². The Balaban J connectivity index is 0.00000242. The number of pyridine rings is 1. The highest BCUT2D eigenvalue weighted by Crippen LogP contribution is 2.27. The number of aromatic nitrogens is 3. The third kappa shape index (κ3) is 7.70. The molecule has 0 saturated heterocycles. The molecule has 0 aliphatic carbocycles. The zero-order valence-electron chi connectivity index (χ0n) is 23.0. The molecule has 5 rings (SSSR count). The van der Waals surface area contributed by atoms with Gasteiger partial charge in [-0.05, 0) is 67.7 Å². The van der Waals surface area contributed by atoms with Crippen LogP contribution in [0.1, 0.15) is 22.8 Å². The van der Waals surface area contributed by atoms with Crippen molar-refractivity contribution in [3.05, 3.63) is 102 Å². The van der Waals surface area contributed by atoms with Gasteiger partial charge in [0.25, 0.3) is 5.91 Å². The van der Waals surface area contributed by atoms with E-state index in [9.17, 15) is 14.0 Å². The van der Waals surface area contributed by atoms with Crippen molar-refractivity contribution in [1.82, 2.24) is 25.6 Å². The summed E-state index contributed by atoms with van der Waals surface area (Å²) in [6.45, 7) is 2.12. The topological polar surface area (TPSA) is 112 Å². The first-order valence-electron chi connectivity index (χ1n) is 13.0. The largest absolute Gasteiger partial charge is 0.352 e. The van der Waals surface area contributed by atoms with Crippen molar-refractivity contribution in [3.63, 3.8) is 0 Å². The Morgan fingerprint density at radius 3 is 2.40 bits per heavy atom. The van der Waals surface area contributed by atoms with E-state index < -0.39 is 6.04 Å². The SMILES string of the molecule is CNC(C)C(=O)Nc1cc(C(=O)NCCc2ccc(F)cc2)cc(-c2cnc(-c3cc4ccccc4cn3)[nH]2)c1.Cl.Cl. The monoisotopic (exact) mass is 608 g/mol. The summed E-state index contributed by atoms with van der Waals surface area (Å²) in [5.74, 6) is -0.237. The molecule has 8 nitrogen and oxygen atoms in total. The average molecular weight is 610 g/mol. The van der Waals surface area contributed by atoms with Crippen LogP contribution in [0.15, 0.2) is 85.2 Å². The van der Waals surface area contributed by atoms with Crippen LogP contribution in [-0.4, -0.2) is 46.4 Å². The molecule has 1 atom stereocenters. The lowest BCUT2D eigenvalue weighted by Crippen LogP contribution is -2.35. The van der Waals surface area contributed by atoms with Crippen molar-refractivity contribution in [1.29, 1.82) is 0 Å². The van der Waals surface area contributed by atoms with E-state index in [0.29, 0.717) is 47.0 Å². The zero-order chi connectivity index (χ0) is 28.1. The van der Waals surface area contributed by atoms with Crippen molar-refractivity contribution in [2.45, 2.75) is 19.4 Å². The molecule has 0 aliphatic heterocycles. The van der Waals surface area contributed by atoms with Gasteiger partial charge in [0.15, 0.2) is 5.82 Å². The average Bonchev–Trinajstić information content (AvgIpc) is 3.48. The summed E-state index contributed by atoms with van der Waals surface area (Å²) >= 11 is 0. The number of imidazole rings is 1. The van der Waals surface area contributed by atoms with Crippen LogP contribution in [0.25, 0.3) is 33.5 Å². The van der Waals surface area contributed by atoms with Crippen LogP contribution < -0.4 is 16.0 Å². The normalized spacial score (nSPS) is 11.2. The number of rotatable bonds is 9. The standard InChI is InChI=1S/C31H29FN6O2.2ClH/c1-19(33-2)30(39)37-26-14-23(13-24(15-26)31(40)34-12-11-20-7-9-25(32)10-8-20)28-18-36-29(38-28)27-16-21-5-3-4-6-22(21)17-35-27;;/h3-10,13-19,33H,11-12H2,1-2H3,(H,34,40)(H,36,38)(H,37,39);2*1H. The molecule has 0 aliphatic rings. The number of halogens is 3. The van der Waals surface area contributed by atoms with Gasteiger partial charge in [-0.2, -0.15) is 0 Å². The molecule has 218 valence electrons. The second-order valence-electron chi connectivity index (χ2n) is 9.49. The fraction of sp³-hybridized carbons (Fsp3) is 0.161. The van der Waals surface area contributed by atoms with Gasteiger partial charge in [-0.1, -0.05) is 36.4 Å². The highest BCUT2D eigenvalue weighted by atomic mass is 35.5. The maximum absolute atomic E-state index is 13.2. The fourth-order valence-electron chi connectivity index (χ4n) is 4.25. The number of carbonyl (C=O) groups is 2. The van der Waals surface area contributed by atoms with Gasteiger partial charge in [-0.25, -0.2) is 9.37 Å². The molecule has 11 heteroatoms. The van der Waals surface area contributed by atoms with Gasteiger partial charge >= 0.3 is 0 Å². The Morgan fingerprint density at radius 1 is 0.929 bits per heavy atom. The van der Waals surface area contributed by atoms with Crippen LogP contribution in [-0.2, 0) is 11.2 Å². The van der Waals surface area contributed by atoms with Gasteiger partial charge in [0.1, 0.15) is 11.5 Å². The summed E-state index contributed by atoms with van der Waals surface area (Å²) in [7, 11) is 1.70. The number of amides is 2. The van der Waals surface area contributed by atoms with Crippen molar-refractivity contribution < 1.29 is 14.0 Å². The predicted octanol–water partition coefficient (Wildman–Crippen LogP) is 5.79. The molecular weight excluding hydrogens is 578 g/mol. The van der Waals surface area contributed by atoms with Crippen molar-refractivity contribution in [2.24, 2.45) is 0 Å². The van der Waals surface area contributed by atoms with E-state index in [1.54, 1.807) is 56.7 Å². The van der Waals surface area contributed by atoms with E-state index >= 15 is 0 Å². The lowest BCUT2D eigenvalue weighted by Gasteiger charge is -2.14. The Bertz CT molecular complexity index is 1680. The Hall–Kier alpha value is -4.31. The Labute approximate surface area is 255 Å². The van der Waals surface area contributed by atoms with E-state index in [0.717, 1.165) is 16.3 Å². The van der Waals surface area contributed by atoms with Crippen LogP contribution in [0.5, 0.6) is 0 Å². The Kier molecular flexibility index (Phi) is 11.2. The molecule has 2 aromatic heterocycles. The molecule has 0 radical (unpaired) electrons. The van der Waals surface area contributed by atoms with Gasteiger partial charge in [0.05, 0.1) is 17.9 Å². The summed E-state index contributed by atoms with van der Waals surface area (Å²) in [5.41, 5.74) is 3.81. The molecule has 2 heterocycles. The van der Waals surface area contributed by atoms with E-state index in [-0.39, 0.29) is 42.4 Å². The van der Waals surface area contributed by atoms with Crippen LogP contribution >= 0.6 is 24.8 Å². The number of hydrogen-bond donors (Lipinski definition) is 4. The maximum atomic E-state index is 13.2. The molecule has 0 bridgehead atoms. The second-order valence-corrected chi connectivity index (χ2v) is 9.49. The quantitative estimate of drug-likeness (QED) is 0.169. The summed E-state index contributed by atoms with van der Waals surface area (Å²) < 4.78 is 13.2. The molecule has 0 fully saturated rings. The lowest BCUT2D eigenvalue weighted by molar-refractivity contribution is -0.117. The van der Waals surface area contributed by atoms with Gasteiger partial charge in [0.2, 0.25) is 5.91 Å². The molecule has 0 saturated carbocycles. The summed E-state index contributed by atoms with van der Waals surface area (Å²) in [4.78, 5) is 38.1. The fourth-order valence-corrected chi connectivity index (χ4v) is 4.25. The number of carbonyl (C=O) groups excluding carboxylic acids is 2. The molecule has 42 heavy (non-hydrogen) atoms. The number of nitrogens with one attached hydrogen (secondary N) is 4. The highest BCUT2D eigenvalue weighted by Gasteiger charge is 2.16. The van der Waals surface area contributed by atoms with Crippen LogP contribution in [0, 0.1) is 5.82 Å². The summed E-state index contributed by atoms with van der Waals surface area (Å²) in [6.07, 6.45) is 4.04. The molecule has 0 spiro atoms. The minimum absolute atomic E-state index is 0. The second kappa shape index (κ2) is 14.5. The summed E-state index contributed by atoms with van der Waals surface area (Å²) in [6, 6.07) is 20.9. The smallest absolute Gasteiger partial charge is 0.251 e. The molecular formula is C31H31Cl2FN6O2. The van der Waals surface area contributed by atoms with Gasteiger partial charge < -0.3 is 20.9 Å². The number of H-pyrrole nitrogens is 1. The third-order valence-corrected chi connectivity index (χ3v) is 6.66. The minimum atomic E-state index is -0.422. The van der Waals surface area contributed by atoms with E-state index in [1.807, 2.05) is 30.3 Å². The maximum Gasteiger partial charge on any atom is 0.251 e. The Morgan fingerprint density at radius 2 is 1.67 bits per heavy atom. The number of nitrogens with zero attached hydrogens (tertiary/aromatic N) is 2. The molecule has 3 aromatic carbocycles. The third-order valence-electron chi connectivity index (χ3n) is 6.66. The van der Waals surface area contributed by atoms with E-state index in [1.165, 1.54) is 12.1 Å². The van der Waals surface area contributed by atoms with Crippen LogP contribution in [0.2, 0.25) is 0 Å². The zero-order valence-corrected chi connectivity index (χ0v) is 24.6. The van der Waals surface area contributed by atoms with Crippen LogP contribution in [0.3, 0.4) is 0 Å². The molecule has 2 amide bonds. The van der Waals surface area contributed by atoms with E-state index in [4.69, 9.17) is 0 Å². The van der Waals surface area contributed by atoms with Crippen molar-refractivity contribution >= 4 is 53.1 Å². The number of anilines is 1. The minimum Gasteiger partial charge on any atom is -0.352 e. The number of likely N-dealkylation sites (N-methyl/N-ethyl adjacent to an activating group) is 1.